The number of carbonyl (C=O) groups is 1. The van der Waals surface area contributed by atoms with Crippen LogP contribution in [0.5, 0.6) is 5.75 Å². The second-order valence-electron chi connectivity index (χ2n) is 6.58. The molecule has 0 spiro atoms. The van der Waals surface area contributed by atoms with Gasteiger partial charge >= 0.3 is 0 Å². The minimum Gasteiger partial charge on any atom is -0.497 e. The summed E-state index contributed by atoms with van der Waals surface area (Å²) < 4.78 is 5.24. The first-order valence-corrected chi connectivity index (χ1v) is 9.98. The van der Waals surface area contributed by atoms with Crippen LogP contribution in [0.15, 0.2) is 47.5 Å². The van der Waals surface area contributed by atoms with Crippen molar-refractivity contribution in [2.24, 2.45) is 0 Å². The number of methoxy groups -OCH3 is 1. The second-order valence-corrected chi connectivity index (χ2v) is 7.55. The minimum atomic E-state index is -0.108. The number of nitrogens with two attached hydrogens (primary N) is 1. The molecule has 2 aromatic carbocycles. The summed E-state index contributed by atoms with van der Waals surface area (Å²) >= 11 is 1.13. The lowest BCUT2D eigenvalue weighted by atomic mass is 10.1. The monoisotopic (exact) mass is 417 g/mol. The fourth-order valence-corrected chi connectivity index (χ4v) is 3.79. The van der Waals surface area contributed by atoms with Crippen LogP contribution in [0.4, 0.5) is 5.82 Å². The van der Waals surface area contributed by atoms with Crippen LogP contribution in [0, 0.1) is 22.7 Å². The lowest BCUT2D eigenvalue weighted by Crippen LogP contribution is -2.27. The molecule has 3 aromatic rings. The molecular formula is C22H19N5O2S. The van der Waals surface area contributed by atoms with Gasteiger partial charge in [-0.05, 0) is 40.6 Å². The minimum absolute atomic E-state index is 0.0487. The van der Waals surface area contributed by atoms with Gasteiger partial charge in [-0.3, -0.25) is 4.79 Å². The number of benzene rings is 2. The number of nitriles is 2. The van der Waals surface area contributed by atoms with E-state index >= 15 is 0 Å². The van der Waals surface area contributed by atoms with E-state index in [2.05, 4.69) is 4.98 Å². The quantitative estimate of drug-likeness (QED) is 0.612. The van der Waals surface area contributed by atoms with Crippen LogP contribution in [-0.4, -0.2) is 35.7 Å². The fourth-order valence-electron chi connectivity index (χ4n) is 2.89. The number of hydrogen-bond acceptors (Lipinski definition) is 7. The van der Waals surface area contributed by atoms with Crippen molar-refractivity contribution in [3.05, 3.63) is 59.2 Å². The van der Waals surface area contributed by atoms with Crippen molar-refractivity contribution in [2.75, 3.05) is 25.6 Å². The molecule has 0 aliphatic heterocycles. The summed E-state index contributed by atoms with van der Waals surface area (Å²) in [5.41, 5.74) is 7.11. The Kier molecular flexibility index (Phi) is 6.41. The molecule has 8 heteroatoms. The van der Waals surface area contributed by atoms with E-state index in [1.54, 1.807) is 19.1 Å². The number of pyridine rings is 1. The molecule has 1 heterocycles. The summed E-state index contributed by atoms with van der Waals surface area (Å²) in [4.78, 5) is 18.3. The molecule has 150 valence electrons. The summed E-state index contributed by atoms with van der Waals surface area (Å²) in [6.45, 7) is 0.454. The molecule has 0 radical (unpaired) electrons. The zero-order valence-electron chi connectivity index (χ0n) is 16.5. The van der Waals surface area contributed by atoms with Crippen molar-refractivity contribution in [2.45, 2.75) is 11.6 Å². The van der Waals surface area contributed by atoms with Crippen LogP contribution in [0.25, 0.3) is 10.8 Å². The molecular weight excluding hydrogens is 398 g/mol. The van der Waals surface area contributed by atoms with Gasteiger partial charge in [0, 0.05) is 13.6 Å². The van der Waals surface area contributed by atoms with Crippen molar-refractivity contribution in [1.29, 1.82) is 10.5 Å². The number of carbonyl (C=O) groups excluding carboxylic acids is 1. The number of rotatable bonds is 6. The van der Waals surface area contributed by atoms with Gasteiger partial charge in [0.25, 0.3) is 0 Å². The van der Waals surface area contributed by atoms with Gasteiger partial charge in [0.05, 0.1) is 24.0 Å². The van der Waals surface area contributed by atoms with E-state index in [-0.39, 0.29) is 28.6 Å². The highest BCUT2D eigenvalue weighted by atomic mass is 32.2. The van der Waals surface area contributed by atoms with Gasteiger partial charge in [0.2, 0.25) is 5.91 Å². The summed E-state index contributed by atoms with van der Waals surface area (Å²) in [6, 6.07) is 17.2. The standard InChI is InChI=1S/C22H19N5O2S/c1-27(12-14-3-4-16-9-19(29-2)6-5-15(16)7-14)20(28)13-30-22-18(11-24)8-17(10-23)21(25)26-22/h3-9H,12-13H2,1-2H3,(H2,25,26). The number of amides is 1. The first kappa shape index (κ1) is 21.0. The molecule has 7 nitrogen and oxygen atoms in total. The van der Waals surface area contributed by atoms with Crippen LogP contribution in [-0.2, 0) is 11.3 Å². The van der Waals surface area contributed by atoms with Gasteiger partial charge in [0.1, 0.15) is 28.7 Å². The number of hydrogen-bond donors (Lipinski definition) is 1. The smallest absolute Gasteiger partial charge is 0.233 e. The highest BCUT2D eigenvalue weighted by Crippen LogP contribution is 2.25. The third-order valence-electron chi connectivity index (χ3n) is 4.55. The number of fused-ring (bicyclic) bond motifs is 1. The summed E-state index contributed by atoms with van der Waals surface area (Å²) in [5.74, 6) is 0.846. The summed E-state index contributed by atoms with van der Waals surface area (Å²) in [5, 5.41) is 20.7. The maximum atomic E-state index is 12.6. The lowest BCUT2D eigenvalue weighted by molar-refractivity contribution is -0.127. The van der Waals surface area contributed by atoms with E-state index in [0.29, 0.717) is 11.6 Å². The van der Waals surface area contributed by atoms with E-state index in [1.165, 1.54) is 6.07 Å². The van der Waals surface area contributed by atoms with Gasteiger partial charge in [-0.2, -0.15) is 10.5 Å². The predicted octanol–water partition coefficient (Wildman–Crippen LogP) is 3.32. The largest absolute Gasteiger partial charge is 0.497 e. The van der Waals surface area contributed by atoms with Crippen LogP contribution < -0.4 is 10.5 Å². The number of thioether (sulfide) groups is 1. The van der Waals surface area contributed by atoms with Crippen molar-refractivity contribution in [3.63, 3.8) is 0 Å². The number of ether oxygens (including phenoxy) is 1. The van der Waals surface area contributed by atoms with Gasteiger partial charge < -0.3 is 15.4 Å². The first-order valence-electron chi connectivity index (χ1n) is 8.99. The topological polar surface area (TPSA) is 116 Å². The van der Waals surface area contributed by atoms with Gasteiger partial charge in [0.15, 0.2) is 0 Å². The van der Waals surface area contributed by atoms with E-state index in [1.807, 2.05) is 48.5 Å². The number of nitrogen functional groups attached to an aromatic ring is 1. The SMILES string of the molecule is COc1ccc2cc(CN(C)C(=O)CSc3nc(N)c(C#N)cc3C#N)ccc2c1. The molecule has 1 aromatic heterocycles. The Balaban J connectivity index is 1.67. The first-order chi connectivity index (χ1) is 14.4. The van der Waals surface area contributed by atoms with E-state index < -0.39 is 0 Å². The Morgan fingerprint density at radius 2 is 1.83 bits per heavy atom. The van der Waals surface area contributed by atoms with Crippen molar-refractivity contribution >= 4 is 34.3 Å². The maximum absolute atomic E-state index is 12.6. The van der Waals surface area contributed by atoms with Crippen LogP contribution in [0.3, 0.4) is 0 Å². The number of nitrogens with zero attached hydrogens (tertiary/aromatic N) is 4. The average molecular weight is 417 g/mol. The van der Waals surface area contributed by atoms with Gasteiger partial charge in [-0.25, -0.2) is 4.98 Å². The number of anilines is 1. The molecule has 0 atom stereocenters. The molecule has 0 fully saturated rings. The zero-order chi connectivity index (χ0) is 21.7. The van der Waals surface area contributed by atoms with Crippen LogP contribution in [0.2, 0.25) is 0 Å². The third kappa shape index (κ3) is 4.62. The normalized spacial score (nSPS) is 10.3. The fraction of sp³-hybridized carbons (Fsp3) is 0.182. The summed E-state index contributed by atoms with van der Waals surface area (Å²) in [6.07, 6.45) is 0. The maximum Gasteiger partial charge on any atom is 0.233 e. The number of aromatic nitrogens is 1. The van der Waals surface area contributed by atoms with E-state index in [0.717, 1.165) is 33.8 Å². The lowest BCUT2D eigenvalue weighted by Gasteiger charge is -2.17. The second kappa shape index (κ2) is 9.17. The Labute approximate surface area is 178 Å². The van der Waals surface area contributed by atoms with Crippen molar-refractivity contribution in [1.82, 2.24) is 9.88 Å². The molecule has 0 saturated carbocycles. The highest BCUT2D eigenvalue weighted by molar-refractivity contribution is 8.00. The van der Waals surface area contributed by atoms with Crippen molar-refractivity contribution < 1.29 is 9.53 Å². The molecule has 0 saturated heterocycles. The Hall–Kier alpha value is -3.75. The molecule has 30 heavy (non-hydrogen) atoms. The third-order valence-corrected chi connectivity index (χ3v) is 5.52. The van der Waals surface area contributed by atoms with Gasteiger partial charge in [-0.1, -0.05) is 30.0 Å². The molecule has 0 unspecified atom stereocenters. The molecule has 1 amide bonds. The molecule has 2 N–H and O–H groups in total. The highest BCUT2D eigenvalue weighted by Gasteiger charge is 2.15. The van der Waals surface area contributed by atoms with Crippen molar-refractivity contribution in [3.8, 4) is 17.9 Å². The van der Waals surface area contributed by atoms with E-state index in [9.17, 15) is 10.1 Å². The molecule has 0 bridgehead atoms. The van der Waals surface area contributed by atoms with Gasteiger partial charge in [-0.15, -0.1) is 0 Å². The predicted molar refractivity (Wildman–Crippen MR) is 116 cm³/mol. The Bertz CT molecular complexity index is 1200. The average Bonchev–Trinajstić information content (AvgIpc) is 2.76. The zero-order valence-corrected chi connectivity index (χ0v) is 17.4. The van der Waals surface area contributed by atoms with Crippen LogP contribution >= 0.6 is 11.8 Å². The Morgan fingerprint density at radius 3 is 2.53 bits per heavy atom. The van der Waals surface area contributed by atoms with Crippen LogP contribution in [0.1, 0.15) is 16.7 Å². The molecule has 3 rings (SSSR count). The Morgan fingerprint density at radius 1 is 1.13 bits per heavy atom. The summed E-state index contributed by atoms with van der Waals surface area (Å²) in [7, 11) is 3.36. The molecule has 0 aliphatic carbocycles. The molecule has 0 aliphatic rings. The van der Waals surface area contributed by atoms with E-state index in [4.69, 9.17) is 15.7 Å².